The molecule has 0 aromatic rings. The first-order valence-electron chi connectivity index (χ1n) is 6.06. The van der Waals surface area contributed by atoms with Gasteiger partial charge in [-0.3, -0.25) is 0 Å². The summed E-state index contributed by atoms with van der Waals surface area (Å²) in [5.74, 6) is 0.362. The Morgan fingerprint density at radius 2 is 2.31 bits per heavy atom. The van der Waals surface area contributed by atoms with Crippen molar-refractivity contribution in [3.8, 4) is 0 Å². The zero-order valence-electron chi connectivity index (χ0n) is 9.98. The van der Waals surface area contributed by atoms with Crippen LogP contribution in [-0.4, -0.2) is 48.3 Å². The van der Waals surface area contributed by atoms with Crippen molar-refractivity contribution in [2.45, 2.75) is 32.2 Å². The van der Waals surface area contributed by atoms with E-state index in [1.54, 1.807) is 4.90 Å². The molecule has 2 amide bonds. The topological polar surface area (TPSA) is 78.6 Å². The number of carbonyl (C=O) groups is 1. The number of rotatable bonds is 5. The van der Waals surface area contributed by atoms with Gasteiger partial charge in [-0.25, -0.2) is 4.79 Å². The Kier molecular flexibility index (Phi) is 5.55. The number of hydrogen-bond acceptors (Lipinski definition) is 3. The van der Waals surface area contributed by atoms with E-state index in [0.29, 0.717) is 25.0 Å². The van der Waals surface area contributed by atoms with E-state index in [4.69, 9.17) is 10.8 Å². The minimum Gasteiger partial charge on any atom is -0.396 e. The van der Waals surface area contributed by atoms with E-state index in [-0.39, 0.29) is 12.6 Å². The summed E-state index contributed by atoms with van der Waals surface area (Å²) in [6.45, 7) is 4.63. The molecule has 0 radical (unpaired) electrons. The molecule has 5 nitrogen and oxygen atoms in total. The second-order valence-electron chi connectivity index (χ2n) is 4.51. The molecule has 1 aliphatic heterocycles. The summed E-state index contributed by atoms with van der Waals surface area (Å²) in [7, 11) is 0. The summed E-state index contributed by atoms with van der Waals surface area (Å²) in [6.07, 6.45) is 2.84. The normalized spacial score (nSPS) is 25.8. The molecule has 0 saturated carbocycles. The van der Waals surface area contributed by atoms with Crippen molar-refractivity contribution in [2.75, 3.05) is 26.2 Å². The van der Waals surface area contributed by atoms with Crippen LogP contribution in [0, 0.1) is 5.92 Å². The van der Waals surface area contributed by atoms with Crippen LogP contribution in [0.4, 0.5) is 4.79 Å². The molecule has 0 bridgehead atoms. The molecule has 2 atom stereocenters. The van der Waals surface area contributed by atoms with Crippen LogP contribution in [-0.2, 0) is 0 Å². The number of piperidine rings is 1. The lowest BCUT2D eigenvalue weighted by Crippen LogP contribution is -2.53. The standard InChI is InChI=1S/C11H23N3O2/c1-2-4-13-10-6-9(3-5-15)7-14(8-10)11(12)16/h9-10,13,15H,2-8H2,1H3,(H2,12,16). The van der Waals surface area contributed by atoms with Gasteiger partial charge < -0.3 is 21.1 Å². The van der Waals surface area contributed by atoms with Crippen LogP contribution in [0.25, 0.3) is 0 Å². The molecule has 0 aliphatic carbocycles. The quantitative estimate of drug-likeness (QED) is 0.627. The smallest absolute Gasteiger partial charge is 0.314 e. The number of aliphatic hydroxyl groups is 1. The molecule has 1 rings (SSSR count). The summed E-state index contributed by atoms with van der Waals surface area (Å²) < 4.78 is 0. The first-order chi connectivity index (χ1) is 7.67. The lowest BCUT2D eigenvalue weighted by Gasteiger charge is -2.37. The van der Waals surface area contributed by atoms with Crippen LogP contribution in [0.3, 0.4) is 0 Å². The van der Waals surface area contributed by atoms with Gasteiger partial charge in [-0.1, -0.05) is 6.92 Å². The molecule has 94 valence electrons. The molecular formula is C11H23N3O2. The van der Waals surface area contributed by atoms with Gasteiger partial charge in [0.2, 0.25) is 0 Å². The lowest BCUT2D eigenvalue weighted by molar-refractivity contribution is 0.136. The number of aliphatic hydroxyl groups excluding tert-OH is 1. The predicted molar refractivity (Wildman–Crippen MR) is 63.0 cm³/mol. The van der Waals surface area contributed by atoms with Crippen molar-refractivity contribution in [1.29, 1.82) is 0 Å². The molecule has 5 heteroatoms. The van der Waals surface area contributed by atoms with Gasteiger partial charge in [0, 0.05) is 25.7 Å². The number of amides is 2. The first-order valence-corrected chi connectivity index (χ1v) is 6.06. The SMILES string of the molecule is CCCNC1CC(CCO)CN(C(N)=O)C1. The highest BCUT2D eigenvalue weighted by atomic mass is 16.3. The average Bonchev–Trinajstić information content (AvgIpc) is 2.26. The highest BCUT2D eigenvalue weighted by molar-refractivity contribution is 5.72. The Morgan fingerprint density at radius 3 is 2.88 bits per heavy atom. The monoisotopic (exact) mass is 229 g/mol. The number of hydrogen-bond donors (Lipinski definition) is 3. The maximum Gasteiger partial charge on any atom is 0.314 e. The zero-order valence-corrected chi connectivity index (χ0v) is 9.98. The maximum absolute atomic E-state index is 11.2. The van der Waals surface area contributed by atoms with Crippen molar-refractivity contribution in [3.05, 3.63) is 0 Å². The van der Waals surface area contributed by atoms with Crippen LogP contribution in [0.1, 0.15) is 26.2 Å². The van der Waals surface area contributed by atoms with Gasteiger partial charge in [-0.15, -0.1) is 0 Å². The van der Waals surface area contributed by atoms with E-state index in [1.165, 1.54) is 0 Å². The number of nitrogens with zero attached hydrogens (tertiary/aromatic N) is 1. The van der Waals surface area contributed by atoms with Gasteiger partial charge >= 0.3 is 6.03 Å². The third kappa shape index (κ3) is 3.98. The second kappa shape index (κ2) is 6.70. The van der Waals surface area contributed by atoms with E-state index in [2.05, 4.69) is 12.2 Å². The number of likely N-dealkylation sites (tertiary alicyclic amines) is 1. The third-order valence-corrected chi connectivity index (χ3v) is 3.07. The molecule has 1 heterocycles. The van der Waals surface area contributed by atoms with Gasteiger partial charge in [0.15, 0.2) is 0 Å². The molecule has 4 N–H and O–H groups in total. The predicted octanol–water partition coefficient (Wildman–Crippen LogP) is 0.138. The summed E-state index contributed by atoms with van der Waals surface area (Å²) in [5.41, 5.74) is 5.31. The molecule has 0 spiro atoms. The fourth-order valence-electron chi connectivity index (χ4n) is 2.27. The van der Waals surface area contributed by atoms with Crippen LogP contribution in [0.15, 0.2) is 0 Å². The molecule has 1 saturated heterocycles. The highest BCUT2D eigenvalue weighted by Crippen LogP contribution is 2.19. The summed E-state index contributed by atoms with van der Waals surface area (Å²) in [5, 5.41) is 12.4. The van der Waals surface area contributed by atoms with Gasteiger partial charge in [-0.2, -0.15) is 0 Å². The van der Waals surface area contributed by atoms with Crippen molar-refractivity contribution in [1.82, 2.24) is 10.2 Å². The second-order valence-corrected chi connectivity index (χ2v) is 4.51. The summed E-state index contributed by atoms with van der Waals surface area (Å²) in [4.78, 5) is 12.9. The van der Waals surface area contributed by atoms with Crippen molar-refractivity contribution >= 4 is 6.03 Å². The molecule has 16 heavy (non-hydrogen) atoms. The highest BCUT2D eigenvalue weighted by Gasteiger charge is 2.28. The Bertz CT molecular complexity index is 223. The number of nitrogens with one attached hydrogen (secondary N) is 1. The van der Waals surface area contributed by atoms with Crippen LogP contribution in [0.2, 0.25) is 0 Å². The zero-order chi connectivity index (χ0) is 12.0. The molecule has 2 unspecified atom stereocenters. The van der Waals surface area contributed by atoms with E-state index >= 15 is 0 Å². The van der Waals surface area contributed by atoms with Gasteiger partial charge in [-0.05, 0) is 31.7 Å². The summed E-state index contributed by atoms with van der Waals surface area (Å²) in [6, 6.07) is -0.0383. The fourth-order valence-corrected chi connectivity index (χ4v) is 2.27. The Balaban J connectivity index is 2.48. The molecule has 0 aromatic heterocycles. The van der Waals surface area contributed by atoms with Crippen LogP contribution < -0.4 is 11.1 Å². The Hall–Kier alpha value is -0.810. The molecular weight excluding hydrogens is 206 g/mol. The number of carbonyl (C=O) groups excluding carboxylic acids is 1. The maximum atomic E-state index is 11.2. The van der Waals surface area contributed by atoms with E-state index < -0.39 is 0 Å². The van der Waals surface area contributed by atoms with Crippen LogP contribution >= 0.6 is 0 Å². The number of urea groups is 1. The van der Waals surface area contributed by atoms with Gasteiger partial charge in [0.1, 0.15) is 0 Å². The third-order valence-electron chi connectivity index (χ3n) is 3.07. The van der Waals surface area contributed by atoms with Crippen molar-refractivity contribution in [2.24, 2.45) is 11.7 Å². The van der Waals surface area contributed by atoms with Crippen LogP contribution in [0.5, 0.6) is 0 Å². The molecule has 1 fully saturated rings. The van der Waals surface area contributed by atoms with Crippen molar-refractivity contribution in [3.63, 3.8) is 0 Å². The fraction of sp³-hybridized carbons (Fsp3) is 0.909. The van der Waals surface area contributed by atoms with Crippen molar-refractivity contribution < 1.29 is 9.90 Å². The number of nitrogens with two attached hydrogens (primary N) is 1. The van der Waals surface area contributed by atoms with E-state index in [1.807, 2.05) is 0 Å². The van der Waals surface area contributed by atoms with E-state index in [9.17, 15) is 4.79 Å². The Labute approximate surface area is 97.0 Å². The van der Waals surface area contributed by atoms with Gasteiger partial charge in [0.05, 0.1) is 0 Å². The van der Waals surface area contributed by atoms with Gasteiger partial charge in [0.25, 0.3) is 0 Å². The van der Waals surface area contributed by atoms with E-state index in [0.717, 1.165) is 25.8 Å². The minimum atomic E-state index is -0.356. The minimum absolute atomic E-state index is 0.178. The molecule has 1 aliphatic rings. The number of primary amides is 1. The largest absolute Gasteiger partial charge is 0.396 e. The first kappa shape index (κ1) is 13.3. The Morgan fingerprint density at radius 1 is 1.56 bits per heavy atom. The lowest BCUT2D eigenvalue weighted by atomic mass is 9.92. The molecule has 0 aromatic carbocycles. The average molecular weight is 229 g/mol. The summed E-state index contributed by atoms with van der Waals surface area (Å²) >= 11 is 0.